The van der Waals surface area contributed by atoms with Crippen LogP contribution in [0.4, 0.5) is 4.39 Å². The van der Waals surface area contributed by atoms with Gasteiger partial charge in [-0.1, -0.05) is 0 Å². The van der Waals surface area contributed by atoms with Gasteiger partial charge in [-0.2, -0.15) is 5.26 Å². The maximum Gasteiger partial charge on any atom is 0.125 e. The van der Waals surface area contributed by atoms with E-state index in [-0.39, 0.29) is 5.82 Å². The first kappa shape index (κ1) is 14.1. The van der Waals surface area contributed by atoms with Gasteiger partial charge in [0.15, 0.2) is 0 Å². The molecule has 3 rings (SSSR count). The lowest BCUT2D eigenvalue weighted by molar-refractivity contribution is 0.211. The predicted octanol–water partition coefficient (Wildman–Crippen LogP) is 3.79. The Morgan fingerprint density at radius 1 is 1.33 bits per heavy atom. The number of halogens is 1. The molecular formula is C17H20FN3. The first-order valence-corrected chi connectivity index (χ1v) is 7.64. The van der Waals surface area contributed by atoms with Crippen LogP contribution >= 0.6 is 0 Å². The van der Waals surface area contributed by atoms with Crippen LogP contribution in [0.15, 0.2) is 24.4 Å². The molecule has 0 radical (unpaired) electrons. The number of likely N-dealkylation sites (tertiary alicyclic amines) is 1. The summed E-state index contributed by atoms with van der Waals surface area (Å²) >= 11 is 0. The van der Waals surface area contributed by atoms with E-state index < -0.39 is 0 Å². The quantitative estimate of drug-likeness (QED) is 0.868. The van der Waals surface area contributed by atoms with Crippen LogP contribution in [0.2, 0.25) is 0 Å². The van der Waals surface area contributed by atoms with Crippen LogP contribution in [-0.4, -0.2) is 29.5 Å². The fraction of sp³-hybridized carbons (Fsp3) is 0.471. The van der Waals surface area contributed by atoms with E-state index in [0.29, 0.717) is 12.3 Å². The molecule has 1 aliphatic heterocycles. The number of piperidine rings is 1. The molecule has 110 valence electrons. The Morgan fingerprint density at radius 3 is 2.90 bits per heavy atom. The number of H-pyrrole nitrogens is 1. The number of hydrogen-bond acceptors (Lipinski definition) is 2. The third-order valence-electron chi connectivity index (χ3n) is 4.47. The maximum atomic E-state index is 13.2. The standard InChI is InChI=1S/C17H20FN3/c18-14-3-4-15-16(12-20-17(15)11-14)13-5-9-21(10-6-13)8-2-1-7-19/h3-4,11-13,20H,1-2,5-6,8-10H2. The summed E-state index contributed by atoms with van der Waals surface area (Å²) in [6.45, 7) is 3.20. The summed E-state index contributed by atoms with van der Waals surface area (Å²) in [4.78, 5) is 5.64. The number of rotatable bonds is 4. The van der Waals surface area contributed by atoms with Gasteiger partial charge in [-0.05, 0) is 68.6 Å². The molecule has 0 aliphatic carbocycles. The lowest BCUT2D eigenvalue weighted by atomic mass is 9.89. The molecule has 2 heterocycles. The highest BCUT2D eigenvalue weighted by Crippen LogP contribution is 2.33. The number of unbranched alkanes of at least 4 members (excludes halogenated alkanes) is 1. The molecule has 1 aliphatic rings. The molecule has 0 bridgehead atoms. The van der Waals surface area contributed by atoms with E-state index in [1.807, 2.05) is 12.3 Å². The summed E-state index contributed by atoms with van der Waals surface area (Å²) in [7, 11) is 0. The third kappa shape index (κ3) is 3.08. The smallest absolute Gasteiger partial charge is 0.125 e. The second-order valence-corrected chi connectivity index (χ2v) is 5.81. The minimum absolute atomic E-state index is 0.191. The van der Waals surface area contributed by atoms with Gasteiger partial charge in [-0.15, -0.1) is 0 Å². The molecule has 1 aromatic heterocycles. The molecular weight excluding hydrogens is 265 g/mol. The Balaban J connectivity index is 1.65. The highest BCUT2D eigenvalue weighted by molar-refractivity contribution is 5.83. The minimum atomic E-state index is -0.191. The Hall–Kier alpha value is -1.86. The van der Waals surface area contributed by atoms with Gasteiger partial charge in [0.25, 0.3) is 0 Å². The number of nitriles is 1. The van der Waals surface area contributed by atoms with Gasteiger partial charge in [0.2, 0.25) is 0 Å². The van der Waals surface area contributed by atoms with E-state index in [0.717, 1.165) is 49.8 Å². The SMILES string of the molecule is N#CCCCN1CCC(c2c[nH]c3cc(F)ccc23)CC1. The number of aromatic nitrogens is 1. The van der Waals surface area contributed by atoms with Crippen molar-refractivity contribution in [3.05, 3.63) is 35.8 Å². The molecule has 2 aromatic rings. The van der Waals surface area contributed by atoms with E-state index in [1.54, 1.807) is 6.07 Å². The second-order valence-electron chi connectivity index (χ2n) is 5.81. The zero-order chi connectivity index (χ0) is 14.7. The van der Waals surface area contributed by atoms with Crippen molar-refractivity contribution in [2.45, 2.75) is 31.6 Å². The molecule has 0 atom stereocenters. The summed E-state index contributed by atoms with van der Waals surface area (Å²) in [5, 5.41) is 9.74. The van der Waals surface area contributed by atoms with Crippen molar-refractivity contribution in [3.63, 3.8) is 0 Å². The van der Waals surface area contributed by atoms with E-state index >= 15 is 0 Å². The zero-order valence-electron chi connectivity index (χ0n) is 12.1. The average Bonchev–Trinajstić information content (AvgIpc) is 2.91. The highest BCUT2D eigenvalue weighted by atomic mass is 19.1. The first-order chi connectivity index (χ1) is 10.3. The molecule has 0 amide bonds. The van der Waals surface area contributed by atoms with Gasteiger partial charge < -0.3 is 9.88 Å². The number of hydrogen-bond donors (Lipinski definition) is 1. The van der Waals surface area contributed by atoms with Crippen molar-refractivity contribution in [1.29, 1.82) is 5.26 Å². The third-order valence-corrected chi connectivity index (χ3v) is 4.47. The molecule has 21 heavy (non-hydrogen) atoms. The largest absolute Gasteiger partial charge is 0.361 e. The molecule has 3 nitrogen and oxygen atoms in total. The fourth-order valence-corrected chi connectivity index (χ4v) is 3.31. The summed E-state index contributed by atoms with van der Waals surface area (Å²) in [5.74, 6) is 0.361. The Labute approximate surface area is 124 Å². The fourth-order valence-electron chi connectivity index (χ4n) is 3.31. The van der Waals surface area contributed by atoms with Crippen LogP contribution in [0.3, 0.4) is 0 Å². The molecule has 1 N–H and O–H groups in total. The molecule has 1 aromatic carbocycles. The van der Waals surface area contributed by atoms with Crippen LogP contribution in [0.25, 0.3) is 10.9 Å². The Morgan fingerprint density at radius 2 is 2.14 bits per heavy atom. The van der Waals surface area contributed by atoms with Gasteiger partial charge in [0.05, 0.1) is 6.07 Å². The minimum Gasteiger partial charge on any atom is -0.361 e. The normalized spacial score (nSPS) is 17.1. The van der Waals surface area contributed by atoms with Gasteiger partial charge in [0, 0.05) is 23.5 Å². The molecule has 1 fully saturated rings. The Kier molecular flexibility index (Phi) is 4.21. The van der Waals surface area contributed by atoms with Crippen LogP contribution < -0.4 is 0 Å². The monoisotopic (exact) mass is 285 g/mol. The van der Waals surface area contributed by atoms with Crippen LogP contribution in [0.1, 0.15) is 37.2 Å². The first-order valence-electron chi connectivity index (χ1n) is 7.64. The summed E-state index contributed by atoms with van der Waals surface area (Å²) in [6.07, 6.45) is 5.93. The van der Waals surface area contributed by atoms with Gasteiger partial charge in [-0.25, -0.2) is 4.39 Å². The number of nitrogens with one attached hydrogen (secondary N) is 1. The molecule has 0 spiro atoms. The lowest BCUT2D eigenvalue weighted by Crippen LogP contribution is -2.33. The van der Waals surface area contributed by atoms with Crippen molar-refractivity contribution in [2.75, 3.05) is 19.6 Å². The van der Waals surface area contributed by atoms with Crippen LogP contribution in [0.5, 0.6) is 0 Å². The number of benzene rings is 1. The number of fused-ring (bicyclic) bond motifs is 1. The highest BCUT2D eigenvalue weighted by Gasteiger charge is 2.22. The summed E-state index contributed by atoms with van der Waals surface area (Å²) in [6, 6.07) is 7.19. The molecule has 0 unspecified atom stereocenters. The molecule has 0 saturated carbocycles. The topological polar surface area (TPSA) is 42.8 Å². The zero-order valence-corrected chi connectivity index (χ0v) is 12.1. The Bertz CT molecular complexity index is 648. The number of nitrogens with zero attached hydrogens (tertiary/aromatic N) is 2. The lowest BCUT2D eigenvalue weighted by Gasteiger charge is -2.31. The van der Waals surface area contributed by atoms with Crippen molar-refractivity contribution < 1.29 is 4.39 Å². The van der Waals surface area contributed by atoms with E-state index in [2.05, 4.69) is 16.0 Å². The second kappa shape index (κ2) is 6.28. The average molecular weight is 285 g/mol. The summed E-state index contributed by atoms with van der Waals surface area (Å²) < 4.78 is 13.2. The van der Waals surface area contributed by atoms with Crippen molar-refractivity contribution >= 4 is 10.9 Å². The van der Waals surface area contributed by atoms with E-state index in [9.17, 15) is 4.39 Å². The van der Waals surface area contributed by atoms with Crippen molar-refractivity contribution in [2.24, 2.45) is 0 Å². The van der Waals surface area contributed by atoms with Gasteiger partial charge in [0.1, 0.15) is 5.82 Å². The van der Waals surface area contributed by atoms with E-state index in [1.165, 1.54) is 11.6 Å². The maximum absolute atomic E-state index is 13.2. The van der Waals surface area contributed by atoms with Gasteiger partial charge in [-0.3, -0.25) is 0 Å². The summed E-state index contributed by atoms with van der Waals surface area (Å²) in [5.41, 5.74) is 2.21. The van der Waals surface area contributed by atoms with Crippen molar-refractivity contribution in [1.82, 2.24) is 9.88 Å². The predicted molar refractivity (Wildman–Crippen MR) is 81.5 cm³/mol. The molecule has 4 heteroatoms. The van der Waals surface area contributed by atoms with Crippen LogP contribution in [-0.2, 0) is 0 Å². The van der Waals surface area contributed by atoms with Crippen LogP contribution in [0, 0.1) is 17.1 Å². The molecule has 1 saturated heterocycles. The number of aromatic amines is 1. The van der Waals surface area contributed by atoms with Gasteiger partial charge >= 0.3 is 0 Å². The van der Waals surface area contributed by atoms with E-state index in [4.69, 9.17) is 5.26 Å². The van der Waals surface area contributed by atoms with Crippen molar-refractivity contribution in [3.8, 4) is 6.07 Å².